The lowest BCUT2D eigenvalue weighted by molar-refractivity contribution is 0.0213. The summed E-state index contributed by atoms with van der Waals surface area (Å²) >= 11 is 0. The molecule has 5 rings (SSSR count). The molecule has 1 fully saturated rings. The maximum atomic E-state index is 5.99. The van der Waals surface area contributed by atoms with Gasteiger partial charge in [0.1, 0.15) is 0 Å². The highest BCUT2D eigenvalue weighted by Crippen LogP contribution is 2.29. The van der Waals surface area contributed by atoms with Gasteiger partial charge in [0.15, 0.2) is 0 Å². The van der Waals surface area contributed by atoms with Gasteiger partial charge in [0.05, 0.1) is 52.9 Å². The Balaban J connectivity index is 1.21. The molecule has 0 aliphatic carbocycles. The van der Waals surface area contributed by atoms with Crippen molar-refractivity contribution in [2.45, 2.75) is 6.54 Å². The number of hydrogen-bond acceptors (Lipinski definition) is 6. The fourth-order valence-electron chi connectivity index (χ4n) is 5.16. The Hall–Kier alpha value is -3.00. The smallest absolute Gasteiger partial charge is 0.0701 e. The molecule has 0 radical (unpaired) electrons. The van der Waals surface area contributed by atoms with E-state index in [1.807, 2.05) is 6.07 Å². The molecule has 0 atom stereocenters. The van der Waals surface area contributed by atoms with Crippen LogP contribution in [0.2, 0.25) is 0 Å². The van der Waals surface area contributed by atoms with Gasteiger partial charge in [0.25, 0.3) is 0 Å². The van der Waals surface area contributed by atoms with Crippen molar-refractivity contribution in [3.63, 3.8) is 0 Å². The number of rotatable bonds is 3. The Morgan fingerprint density at radius 1 is 0.487 bits per heavy atom. The van der Waals surface area contributed by atoms with Gasteiger partial charge >= 0.3 is 0 Å². The van der Waals surface area contributed by atoms with Crippen molar-refractivity contribution in [2.75, 3.05) is 83.9 Å². The molecular weight excluding hydrogens is 488 g/mol. The molecule has 0 bridgehead atoms. The molecule has 1 saturated heterocycles. The van der Waals surface area contributed by atoms with E-state index in [1.54, 1.807) is 0 Å². The molecule has 39 heavy (non-hydrogen) atoms. The first kappa shape index (κ1) is 27.6. The minimum Gasteiger partial charge on any atom is -0.378 e. The topological polar surface area (TPSA) is 43.4 Å². The number of fused-ring (bicyclic) bond motifs is 2. The van der Waals surface area contributed by atoms with Gasteiger partial charge in [-0.1, -0.05) is 66.7 Å². The molecule has 6 nitrogen and oxygen atoms in total. The zero-order valence-corrected chi connectivity index (χ0v) is 22.8. The third-order valence-corrected chi connectivity index (χ3v) is 7.24. The largest absolute Gasteiger partial charge is 0.378 e. The van der Waals surface area contributed by atoms with Crippen molar-refractivity contribution < 1.29 is 18.9 Å². The lowest BCUT2D eigenvalue weighted by Crippen LogP contribution is -2.33. The molecule has 1 heterocycles. The van der Waals surface area contributed by atoms with Crippen LogP contribution < -0.4 is 4.90 Å². The van der Waals surface area contributed by atoms with Crippen LogP contribution in [0.4, 0.5) is 5.69 Å². The first-order valence-corrected chi connectivity index (χ1v) is 14.1. The van der Waals surface area contributed by atoms with Crippen LogP contribution in [0.25, 0.3) is 21.5 Å². The summed E-state index contributed by atoms with van der Waals surface area (Å²) in [7, 11) is 0. The Bertz CT molecular complexity index is 1210. The maximum absolute atomic E-state index is 5.99. The summed E-state index contributed by atoms with van der Waals surface area (Å²) in [4.78, 5) is 4.75. The standard InChI is InChI=1S/C33H40N2O4/c1-2-10-30(11-3-1)35-16-20-38-24-22-36-18-14-34(15-19-37-23-25-39-21-17-35)27-33-31-12-6-4-8-28(31)26-29-9-5-7-13-32(29)33/h1-13,26H,14-25,27H2. The SMILES string of the molecule is c1ccc(N2CCOCCOCCN(Cc3c4ccccc4cc4ccccc34)CCOCCOCC2)cc1. The van der Waals surface area contributed by atoms with E-state index in [0.29, 0.717) is 52.9 Å². The van der Waals surface area contributed by atoms with E-state index in [1.165, 1.54) is 32.8 Å². The summed E-state index contributed by atoms with van der Waals surface area (Å²) in [6, 6.07) is 30.1. The van der Waals surface area contributed by atoms with E-state index in [4.69, 9.17) is 18.9 Å². The predicted molar refractivity (Wildman–Crippen MR) is 159 cm³/mol. The second-order valence-corrected chi connectivity index (χ2v) is 9.85. The van der Waals surface area contributed by atoms with E-state index >= 15 is 0 Å². The number of nitrogens with zero attached hydrogens (tertiary/aromatic N) is 2. The molecule has 0 aromatic heterocycles. The van der Waals surface area contributed by atoms with E-state index in [9.17, 15) is 0 Å². The van der Waals surface area contributed by atoms with Gasteiger partial charge in [0, 0.05) is 38.4 Å². The minimum atomic E-state index is 0.593. The quantitative estimate of drug-likeness (QED) is 0.333. The molecule has 4 aromatic rings. The first-order valence-electron chi connectivity index (χ1n) is 14.1. The van der Waals surface area contributed by atoms with Crippen molar-refractivity contribution in [2.24, 2.45) is 0 Å². The summed E-state index contributed by atoms with van der Waals surface area (Å²) in [5.41, 5.74) is 2.55. The van der Waals surface area contributed by atoms with Gasteiger partial charge in [-0.2, -0.15) is 0 Å². The van der Waals surface area contributed by atoms with Crippen molar-refractivity contribution in [3.05, 3.63) is 90.5 Å². The fourth-order valence-corrected chi connectivity index (χ4v) is 5.16. The summed E-state index contributed by atoms with van der Waals surface area (Å²) < 4.78 is 23.8. The number of ether oxygens (including phenoxy) is 4. The monoisotopic (exact) mass is 528 g/mol. The molecule has 0 unspecified atom stereocenters. The number of benzene rings is 4. The third kappa shape index (κ3) is 8.01. The van der Waals surface area contributed by atoms with Gasteiger partial charge in [-0.3, -0.25) is 4.90 Å². The molecule has 1 aliphatic rings. The van der Waals surface area contributed by atoms with Gasteiger partial charge in [-0.05, 0) is 45.3 Å². The van der Waals surface area contributed by atoms with Crippen LogP contribution in [0.5, 0.6) is 0 Å². The number of anilines is 1. The summed E-state index contributed by atoms with van der Waals surface area (Å²) in [5.74, 6) is 0. The Kier molecular flexibility index (Phi) is 10.6. The van der Waals surface area contributed by atoms with Crippen LogP contribution in [-0.4, -0.2) is 83.9 Å². The number of para-hydroxylation sites is 1. The molecule has 1 aliphatic heterocycles. The molecule has 0 saturated carbocycles. The third-order valence-electron chi connectivity index (χ3n) is 7.24. The summed E-state index contributed by atoms with van der Waals surface area (Å²) in [5, 5.41) is 5.17. The van der Waals surface area contributed by atoms with Crippen molar-refractivity contribution in [1.82, 2.24) is 4.90 Å². The molecule has 4 aromatic carbocycles. The maximum Gasteiger partial charge on any atom is 0.0701 e. The highest BCUT2D eigenvalue weighted by atomic mass is 16.5. The van der Waals surface area contributed by atoms with Gasteiger partial charge in [0.2, 0.25) is 0 Å². The molecule has 206 valence electrons. The average molecular weight is 529 g/mol. The van der Waals surface area contributed by atoms with Gasteiger partial charge in [-0.25, -0.2) is 0 Å². The van der Waals surface area contributed by atoms with Crippen LogP contribution in [0.1, 0.15) is 5.56 Å². The highest BCUT2D eigenvalue weighted by Gasteiger charge is 2.13. The summed E-state index contributed by atoms with van der Waals surface area (Å²) in [6.45, 7) is 9.14. The summed E-state index contributed by atoms with van der Waals surface area (Å²) in [6.07, 6.45) is 0. The van der Waals surface area contributed by atoms with Crippen LogP contribution in [0.15, 0.2) is 84.9 Å². The van der Waals surface area contributed by atoms with Crippen molar-refractivity contribution in [3.8, 4) is 0 Å². The Morgan fingerprint density at radius 3 is 1.49 bits per heavy atom. The van der Waals surface area contributed by atoms with E-state index in [-0.39, 0.29) is 0 Å². The average Bonchev–Trinajstić information content (AvgIpc) is 2.98. The normalized spacial score (nSPS) is 18.1. The van der Waals surface area contributed by atoms with E-state index in [0.717, 1.165) is 32.7 Å². The minimum absolute atomic E-state index is 0.593. The second kappa shape index (κ2) is 15.0. The van der Waals surface area contributed by atoms with Gasteiger partial charge < -0.3 is 23.8 Å². The molecule has 6 heteroatoms. The van der Waals surface area contributed by atoms with Crippen molar-refractivity contribution in [1.29, 1.82) is 0 Å². The molecular formula is C33H40N2O4. The zero-order valence-electron chi connectivity index (χ0n) is 22.8. The number of hydrogen-bond donors (Lipinski definition) is 0. The van der Waals surface area contributed by atoms with Crippen LogP contribution in [0, 0.1) is 0 Å². The molecule has 0 amide bonds. The Morgan fingerprint density at radius 2 is 0.949 bits per heavy atom. The Labute approximate surface area is 232 Å². The first-order chi connectivity index (χ1) is 19.4. The van der Waals surface area contributed by atoms with E-state index < -0.39 is 0 Å². The van der Waals surface area contributed by atoms with Crippen LogP contribution in [-0.2, 0) is 25.5 Å². The zero-order chi connectivity index (χ0) is 26.5. The molecule has 0 spiro atoms. The lowest BCUT2D eigenvalue weighted by Gasteiger charge is -2.25. The van der Waals surface area contributed by atoms with E-state index in [2.05, 4.69) is 88.7 Å². The van der Waals surface area contributed by atoms with Gasteiger partial charge in [-0.15, -0.1) is 0 Å². The second-order valence-electron chi connectivity index (χ2n) is 9.85. The predicted octanol–water partition coefficient (Wildman–Crippen LogP) is 5.38. The molecule has 0 N–H and O–H groups in total. The van der Waals surface area contributed by atoms with Crippen LogP contribution >= 0.6 is 0 Å². The lowest BCUT2D eigenvalue weighted by atomic mass is 9.96. The highest BCUT2D eigenvalue weighted by molar-refractivity contribution is 6.02. The fraction of sp³-hybridized carbons (Fsp3) is 0.394. The van der Waals surface area contributed by atoms with Crippen LogP contribution in [0.3, 0.4) is 0 Å². The van der Waals surface area contributed by atoms with Crippen molar-refractivity contribution >= 4 is 27.2 Å².